The molecule has 0 heterocycles. The number of carboxylic acid groups (broad SMARTS) is 1. The highest BCUT2D eigenvalue weighted by Crippen LogP contribution is 2.16. The predicted octanol–water partition coefficient (Wildman–Crippen LogP) is 1.41. The monoisotopic (exact) mass is 183 g/mol. The number of carboxylic acids is 1. The Hall–Kier alpha value is -0.830. The van der Waals surface area contributed by atoms with Crippen molar-refractivity contribution in [1.29, 1.82) is 0 Å². The molecule has 0 saturated carbocycles. The molecule has 0 aromatic rings. The average molecular weight is 183 g/mol. The summed E-state index contributed by atoms with van der Waals surface area (Å²) in [6.45, 7) is 2.50. The van der Waals surface area contributed by atoms with E-state index in [9.17, 15) is 4.79 Å². The molecule has 0 spiro atoms. The molecule has 0 amide bonds. The number of hydrogen-bond donors (Lipinski definition) is 2. The van der Waals surface area contributed by atoms with Gasteiger partial charge in [0.25, 0.3) is 0 Å². The van der Waals surface area contributed by atoms with Gasteiger partial charge in [0.2, 0.25) is 0 Å². The van der Waals surface area contributed by atoms with Gasteiger partial charge in [-0.05, 0) is 38.6 Å². The van der Waals surface area contributed by atoms with E-state index in [1.54, 1.807) is 6.92 Å². The fraction of sp³-hybridized carbons (Fsp3) is 0.700. The molecule has 0 aliphatic heterocycles. The first-order valence-electron chi connectivity index (χ1n) is 4.81. The van der Waals surface area contributed by atoms with E-state index in [2.05, 4.69) is 17.5 Å². The largest absolute Gasteiger partial charge is 0.480 e. The summed E-state index contributed by atoms with van der Waals surface area (Å²) in [6, 6.07) is -0.425. The molecule has 3 nitrogen and oxygen atoms in total. The van der Waals surface area contributed by atoms with Gasteiger partial charge in [-0.25, -0.2) is 0 Å². The molecule has 0 aromatic carbocycles. The van der Waals surface area contributed by atoms with Crippen LogP contribution in [0.3, 0.4) is 0 Å². The number of nitrogens with one attached hydrogen (secondary N) is 1. The van der Waals surface area contributed by atoms with E-state index in [1.807, 2.05) is 0 Å². The fourth-order valence-electron chi connectivity index (χ4n) is 1.47. The van der Waals surface area contributed by atoms with Gasteiger partial charge in [0, 0.05) is 0 Å². The Morgan fingerprint density at radius 2 is 2.46 bits per heavy atom. The highest BCUT2D eigenvalue weighted by atomic mass is 16.4. The van der Waals surface area contributed by atoms with Crippen LogP contribution in [0.2, 0.25) is 0 Å². The summed E-state index contributed by atoms with van der Waals surface area (Å²) < 4.78 is 0. The smallest absolute Gasteiger partial charge is 0.320 e. The summed E-state index contributed by atoms with van der Waals surface area (Å²) in [5, 5.41) is 11.7. The summed E-state index contributed by atoms with van der Waals surface area (Å²) in [6.07, 6.45) is 7.77. The van der Waals surface area contributed by atoms with Crippen LogP contribution in [0, 0.1) is 5.92 Å². The van der Waals surface area contributed by atoms with E-state index in [1.165, 1.54) is 6.42 Å². The molecule has 2 N–H and O–H groups in total. The van der Waals surface area contributed by atoms with E-state index in [0.717, 1.165) is 19.4 Å². The van der Waals surface area contributed by atoms with E-state index in [-0.39, 0.29) is 0 Å². The third-order valence-electron chi connectivity index (χ3n) is 2.46. The van der Waals surface area contributed by atoms with E-state index >= 15 is 0 Å². The molecule has 0 saturated heterocycles. The molecule has 2 atom stereocenters. The molecule has 13 heavy (non-hydrogen) atoms. The summed E-state index contributed by atoms with van der Waals surface area (Å²) in [7, 11) is 0. The lowest BCUT2D eigenvalue weighted by atomic mass is 9.94. The number of allylic oxidation sites excluding steroid dienone is 2. The van der Waals surface area contributed by atoms with Crippen LogP contribution in [-0.2, 0) is 4.79 Å². The third kappa shape index (κ3) is 3.59. The van der Waals surface area contributed by atoms with Gasteiger partial charge in [-0.15, -0.1) is 0 Å². The Morgan fingerprint density at radius 3 is 3.00 bits per heavy atom. The second-order valence-corrected chi connectivity index (χ2v) is 3.62. The third-order valence-corrected chi connectivity index (χ3v) is 2.46. The molecule has 74 valence electrons. The quantitative estimate of drug-likeness (QED) is 0.648. The highest BCUT2D eigenvalue weighted by molar-refractivity contribution is 5.72. The Bertz CT molecular complexity index is 201. The number of aliphatic carboxylic acids is 1. The normalized spacial score (nSPS) is 24.2. The number of rotatable bonds is 4. The zero-order chi connectivity index (χ0) is 9.68. The van der Waals surface area contributed by atoms with Gasteiger partial charge >= 0.3 is 5.97 Å². The molecule has 1 rings (SSSR count). The average Bonchev–Trinajstić information content (AvgIpc) is 2.15. The van der Waals surface area contributed by atoms with Crippen molar-refractivity contribution in [2.24, 2.45) is 5.92 Å². The van der Waals surface area contributed by atoms with Crippen molar-refractivity contribution in [3.63, 3.8) is 0 Å². The Labute approximate surface area is 78.8 Å². The second kappa shape index (κ2) is 5.02. The lowest BCUT2D eigenvalue weighted by Crippen LogP contribution is -2.37. The SMILES string of the molecule is CC(NCC1CC=CCC1)C(=O)O. The Morgan fingerprint density at radius 1 is 1.69 bits per heavy atom. The van der Waals surface area contributed by atoms with Crippen LogP contribution < -0.4 is 5.32 Å². The molecular formula is C10H17NO2. The molecule has 1 aliphatic carbocycles. The minimum Gasteiger partial charge on any atom is -0.480 e. The van der Waals surface area contributed by atoms with Gasteiger partial charge < -0.3 is 10.4 Å². The van der Waals surface area contributed by atoms with Crippen molar-refractivity contribution in [2.75, 3.05) is 6.54 Å². The topological polar surface area (TPSA) is 49.3 Å². The molecule has 0 radical (unpaired) electrons. The van der Waals surface area contributed by atoms with Crippen molar-refractivity contribution in [3.05, 3.63) is 12.2 Å². The highest BCUT2D eigenvalue weighted by Gasteiger charge is 2.14. The zero-order valence-corrected chi connectivity index (χ0v) is 7.99. The summed E-state index contributed by atoms with van der Waals surface area (Å²) in [5.41, 5.74) is 0. The minimum absolute atomic E-state index is 0.425. The maximum atomic E-state index is 10.5. The van der Waals surface area contributed by atoms with Gasteiger partial charge in [0.05, 0.1) is 0 Å². The van der Waals surface area contributed by atoms with Crippen LogP contribution in [0.25, 0.3) is 0 Å². The standard InChI is InChI=1S/C10H17NO2/c1-8(10(12)13)11-7-9-5-3-2-4-6-9/h2-3,8-9,11H,4-7H2,1H3,(H,12,13). The molecule has 2 unspecified atom stereocenters. The Kier molecular flexibility index (Phi) is 3.96. The lowest BCUT2D eigenvalue weighted by molar-refractivity contribution is -0.139. The van der Waals surface area contributed by atoms with Crippen molar-refractivity contribution in [1.82, 2.24) is 5.32 Å². The van der Waals surface area contributed by atoms with E-state index < -0.39 is 12.0 Å². The maximum Gasteiger partial charge on any atom is 0.320 e. The van der Waals surface area contributed by atoms with E-state index in [0.29, 0.717) is 5.92 Å². The summed E-state index contributed by atoms with van der Waals surface area (Å²) in [5.74, 6) is -0.154. The van der Waals surface area contributed by atoms with Crippen molar-refractivity contribution >= 4 is 5.97 Å². The zero-order valence-electron chi connectivity index (χ0n) is 7.99. The summed E-state index contributed by atoms with van der Waals surface area (Å²) in [4.78, 5) is 10.5. The molecule has 0 bridgehead atoms. The maximum absolute atomic E-state index is 10.5. The molecule has 1 aliphatic rings. The van der Waals surface area contributed by atoms with Crippen LogP contribution in [0.1, 0.15) is 26.2 Å². The van der Waals surface area contributed by atoms with Crippen LogP contribution in [0.15, 0.2) is 12.2 Å². The number of carbonyl (C=O) groups is 1. The van der Waals surface area contributed by atoms with Gasteiger partial charge in [-0.3, -0.25) is 4.79 Å². The van der Waals surface area contributed by atoms with Gasteiger partial charge in [0.15, 0.2) is 0 Å². The molecule has 0 aromatic heterocycles. The fourth-order valence-corrected chi connectivity index (χ4v) is 1.47. The number of hydrogen-bond acceptors (Lipinski definition) is 2. The predicted molar refractivity (Wildman–Crippen MR) is 51.6 cm³/mol. The van der Waals surface area contributed by atoms with Crippen molar-refractivity contribution in [3.8, 4) is 0 Å². The van der Waals surface area contributed by atoms with E-state index in [4.69, 9.17) is 5.11 Å². The Balaban J connectivity index is 2.18. The van der Waals surface area contributed by atoms with Gasteiger partial charge in [-0.2, -0.15) is 0 Å². The van der Waals surface area contributed by atoms with Gasteiger partial charge in [-0.1, -0.05) is 12.2 Å². The second-order valence-electron chi connectivity index (χ2n) is 3.62. The van der Waals surface area contributed by atoms with Crippen molar-refractivity contribution in [2.45, 2.75) is 32.2 Å². The first kappa shape index (κ1) is 10.3. The molecule has 3 heteroatoms. The first-order chi connectivity index (χ1) is 6.20. The van der Waals surface area contributed by atoms with Crippen LogP contribution in [0.5, 0.6) is 0 Å². The molecule has 0 fully saturated rings. The van der Waals surface area contributed by atoms with Crippen molar-refractivity contribution < 1.29 is 9.90 Å². The van der Waals surface area contributed by atoms with Crippen LogP contribution >= 0.6 is 0 Å². The van der Waals surface area contributed by atoms with Gasteiger partial charge in [0.1, 0.15) is 6.04 Å². The minimum atomic E-state index is -0.772. The van der Waals surface area contributed by atoms with Crippen LogP contribution in [0.4, 0.5) is 0 Å². The molecular weight excluding hydrogens is 166 g/mol. The van der Waals surface area contributed by atoms with Crippen LogP contribution in [-0.4, -0.2) is 23.7 Å². The lowest BCUT2D eigenvalue weighted by Gasteiger charge is -2.19. The first-order valence-corrected chi connectivity index (χ1v) is 4.81. The summed E-state index contributed by atoms with van der Waals surface area (Å²) >= 11 is 0.